The van der Waals surface area contributed by atoms with Crippen LogP contribution in [0.1, 0.15) is 24.5 Å². The molecule has 0 atom stereocenters. The number of nitrogens with zero attached hydrogens (tertiary/aromatic N) is 2. The van der Waals surface area contributed by atoms with Gasteiger partial charge in [-0.2, -0.15) is 0 Å². The summed E-state index contributed by atoms with van der Waals surface area (Å²) in [6.07, 6.45) is 0.876. The molecular formula is C24H22N2O3S2. The van der Waals surface area contributed by atoms with E-state index in [2.05, 4.69) is 38.1 Å². The van der Waals surface area contributed by atoms with Crippen molar-refractivity contribution in [1.29, 1.82) is 0 Å². The van der Waals surface area contributed by atoms with Crippen molar-refractivity contribution in [2.24, 2.45) is 0 Å². The van der Waals surface area contributed by atoms with Crippen LogP contribution in [0, 0.1) is 6.92 Å². The molecule has 0 fully saturated rings. The molecule has 0 spiro atoms. The van der Waals surface area contributed by atoms with E-state index in [0.717, 1.165) is 49.3 Å². The molecule has 4 aromatic rings. The Hall–Kier alpha value is -2.77. The molecule has 2 aromatic carbocycles. The van der Waals surface area contributed by atoms with Gasteiger partial charge < -0.3 is 9.47 Å². The van der Waals surface area contributed by atoms with Crippen molar-refractivity contribution in [1.82, 2.24) is 9.55 Å². The van der Waals surface area contributed by atoms with Crippen molar-refractivity contribution in [2.45, 2.75) is 37.7 Å². The van der Waals surface area contributed by atoms with E-state index >= 15 is 0 Å². The molecule has 1 aliphatic heterocycles. The number of aromatic nitrogens is 2. The van der Waals surface area contributed by atoms with Crippen molar-refractivity contribution in [3.05, 3.63) is 70.0 Å². The van der Waals surface area contributed by atoms with Crippen molar-refractivity contribution >= 4 is 33.3 Å². The fourth-order valence-electron chi connectivity index (χ4n) is 3.56. The quantitative estimate of drug-likeness (QED) is 0.272. The van der Waals surface area contributed by atoms with Gasteiger partial charge in [-0.25, -0.2) is 4.98 Å². The van der Waals surface area contributed by atoms with E-state index in [4.69, 9.17) is 14.5 Å². The Bertz CT molecular complexity index is 1310. The molecule has 0 saturated heterocycles. The van der Waals surface area contributed by atoms with Crippen LogP contribution in [0.2, 0.25) is 0 Å². The maximum absolute atomic E-state index is 13.3. The van der Waals surface area contributed by atoms with E-state index in [1.54, 1.807) is 11.8 Å². The first-order valence-electron chi connectivity index (χ1n) is 10.2. The van der Waals surface area contributed by atoms with Crippen molar-refractivity contribution < 1.29 is 9.47 Å². The highest BCUT2D eigenvalue weighted by Crippen LogP contribution is 2.35. The molecule has 1 aliphatic rings. The van der Waals surface area contributed by atoms with Crippen LogP contribution in [-0.4, -0.2) is 16.3 Å². The summed E-state index contributed by atoms with van der Waals surface area (Å²) in [6, 6.07) is 16.4. The van der Waals surface area contributed by atoms with Crippen molar-refractivity contribution in [2.75, 3.05) is 6.79 Å². The average molecular weight is 451 g/mol. The number of fused-ring (bicyclic) bond motifs is 2. The van der Waals surface area contributed by atoms with Crippen molar-refractivity contribution in [3.63, 3.8) is 0 Å². The van der Waals surface area contributed by atoms with Gasteiger partial charge in [0.05, 0.1) is 5.52 Å². The molecule has 0 saturated carbocycles. The van der Waals surface area contributed by atoms with Crippen LogP contribution in [0.4, 0.5) is 0 Å². The minimum Gasteiger partial charge on any atom is -0.454 e. The SMILES string of the molecule is CCCn1c(SCc2ccc3c(c2)OCO3)nc2cc(-c3ccc(C)cc3)sc2c1=O. The minimum absolute atomic E-state index is 0.0448. The number of ether oxygens (including phenoxy) is 2. The Morgan fingerprint density at radius 3 is 2.71 bits per heavy atom. The van der Waals surface area contributed by atoms with Gasteiger partial charge in [-0.05, 0) is 42.7 Å². The lowest BCUT2D eigenvalue weighted by atomic mass is 10.1. The van der Waals surface area contributed by atoms with Gasteiger partial charge in [-0.1, -0.05) is 54.6 Å². The van der Waals surface area contributed by atoms with E-state index in [9.17, 15) is 4.79 Å². The maximum Gasteiger partial charge on any atom is 0.272 e. The Kier molecular flexibility index (Phi) is 5.46. The monoisotopic (exact) mass is 450 g/mol. The summed E-state index contributed by atoms with van der Waals surface area (Å²) < 4.78 is 13.4. The highest BCUT2D eigenvalue weighted by molar-refractivity contribution is 7.98. The number of aryl methyl sites for hydroxylation is 1. The van der Waals surface area contributed by atoms with Crippen LogP contribution in [0.15, 0.2) is 58.5 Å². The van der Waals surface area contributed by atoms with Crippen LogP contribution in [0.25, 0.3) is 20.7 Å². The fraction of sp³-hybridized carbons (Fsp3) is 0.250. The first kappa shape index (κ1) is 20.2. The second-order valence-corrected chi connectivity index (χ2v) is 9.51. The van der Waals surface area contributed by atoms with Gasteiger partial charge in [0.1, 0.15) is 4.70 Å². The number of hydrogen-bond donors (Lipinski definition) is 0. The van der Waals surface area contributed by atoms with E-state index in [-0.39, 0.29) is 12.4 Å². The molecule has 0 unspecified atom stereocenters. The van der Waals surface area contributed by atoms with Crippen LogP contribution >= 0.6 is 23.1 Å². The van der Waals surface area contributed by atoms with Crippen molar-refractivity contribution in [3.8, 4) is 21.9 Å². The molecule has 158 valence electrons. The zero-order chi connectivity index (χ0) is 21.4. The lowest BCUT2D eigenvalue weighted by Gasteiger charge is -2.11. The first-order chi connectivity index (χ1) is 15.1. The predicted molar refractivity (Wildman–Crippen MR) is 126 cm³/mol. The second-order valence-electron chi connectivity index (χ2n) is 7.52. The topological polar surface area (TPSA) is 53.4 Å². The highest BCUT2D eigenvalue weighted by atomic mass is 32.2. The molecule has 3 heterocycles. The number of benzene rings is 2. The summed E-state index contributed by atoms with van der Waals surface area (Å²) in [5, 5.41) is 0.755. The lowest BCUT2D eigenvalue weighted by molar-refractivity contribution is 0.174. The minimum atomic E-state index is 0.0448. The molecule has 2 aromatic heterocycles. The smallest absolute Gasteiger partial charge is 0.272 e. The summed E-state index contributed by atoms with van der Waals surface area (Å²) >= 11 is 3.11. The molecule has 5 rings (SSSR count). The summed E-state index contributed by atoms with van der Waals surface area (Å²) in [5.74, 6) is 2.25. The first-order valence-corrected chi connectivity index (χ1v) is 12.1. The van der Waals surface area contributed by atoms with Crippen LogP contribution in [0.5, 0.6) is 11.5 Å². The maximum atomic E-state index is 13.3. The number of thiophene rings is 1. The molecule has 0 bridgehead atoms. The van der Waals surface area contributed by atoms with E-state index in [1.165, 1.54) is 16.9 Å². The summed E-state index contributed by atoms with van der Waals surface area (Å²) in [7, 11) is 0. The molecular weight excluding hydrogens is 428 g/mol. The Balaban J connectivity index is 1.49. The number of rotatable bonds is 6. The standard InChI is InChI=1S/C24H22N2O3S2/c1-3-10-26-23(27)22-18(12-21(31-22)17-7-4-15(2)5-8-17)25-24(26)30-13-16-6-9-19-20(11-16)29-14-28-19/h4-9,11-12H,3,10,13-14H2,1-2H3. The van der Waals surface area contributed by atoms with Crippen LogP contribution < -0.4 is 15.0 Å². The van der Waals surface area contributed by atoms with Crippen LogP contribution in [-0.2, 0) is 12.3 Å². The van der Waals surface area contributed by atoms with Crippen LogP contribution in [0.3, 0.4) is 0 Å². The van der Waals surface area contributed by atoms with E-state index in [1.807, 2.05) is 28.8 Å². The molecule has 7 heteroatoms. The number of hydrogen-bond acceptors (Lipinski definition) is 6. The fourth-order valence-corrected chi connectivity index (χ4v) is 5.58. The predicted octanol–water partition coefficient (Wildman–Crippen LogP) is 5.86. The van der Waals surface area contributed by atoms with Gasteiger partial charge >= 0.3 is 0 Å². The molecule has 0 N–H and O–H groups in total. The zero-order valence-electron chi connectivity index (χ0n) is 17.4. The third-order valence-corrected chi connectivity index (χ3v) is 7.40. The Morgan fingerprint density at radius 2 is 1.90 bits per heavy atom. The summed E-state index contributed by atoms with van der Waals surface area (Å²) in [5.41, 5.74) is 4.26. The number of thioether (sulfide) groups is 1. The lowest BCUT2D eigenvalue weighted by Crippen LogP contribution is -2.22. The Labute approximate surface area is 188 Å². The van der Waals surface area contributed by atoms with Gasteiger partial charge in [0.25, 0.3) is 5.56 Å². The van der Waals surface area contributed by atoms with Gasteiger partial charge in [0, 0.05) is 17.2 Å². The molecule has 31 heavy (non-hydrogen) atoms. The largest absolute Gasteiger partial charge is 0.454 e. The van der Waals surface area contributed by atoms with Gasteiger partial charge in [0.2, 0.25) is 6.79 Å². The highest BCUT2D eigenvalue weighted by Gasteiger charge is 2.17. The van der Waals surface area contributed by atoms with Gasteiger partial charge in [0.15, 0.2) is 16.7 Å². The zero-order valence-corrected chi connectivity index (χ0v) is 19.0. The molecule has 0 amide bonds. The normalized spacial score (nSPS) is 12.6. The third kappa shape index (κ3) is 3.95. The summed E-state index contributed by atoms with van der Waals surface area (Å²) in [6.45, 7) is 5.07. The Morgan fingerprint density at radius 1 is 1.10 bits per heavy atom. The third-order valence-electron chi connectivity index (χ3n) is 5.19. The van der Waals surface area contributed by atoms with E-state index in [0.29, 0.717) is 12.3 Å². The molecule has 0 radical (unpaired) electrons. The molecule has 5 nitrogen and oxygen atoms in total. The van der Waals surface area contributed by atoms with Gasteiger partial charge in [-0.15, -0.1) is 11.3 Å². The van der Waals surface area contributed by atoms with E-state index < -0.39 is 0 Å². The summed E-state index contributed by atoms with van der Waals surface area (Å²) in [4.78, 5) is 19.2. The van der Waals surface area contributed by atoms with Gasteiger partial charge in [-0.3, -0.25) is 9.36 Å². The second kappa shape index (κ2) is 8.40. The molecule has 0 aliphatic carbocycles. The average Bonchev–Trinajstić information content (AvgIpc) is 3.42.